The number of thiophene rings is 1. The number of halogens is 1. The SMILES string of the molecule is CCOC(=O)CN1N=C(c2ccc(F)cc2)Cn2c(cc3sccc32)C1=O. The summed E-state index contributed by atoms with van der Waals surface area (Å²) in [5, 5.41) is 7.50. The minimum atomic E-state index is -0.533. The van der Waals surface area contributed by atoms with Crippen LogP contribution in [0.2, 0.25) is 0 Å². The van der Waals surface area contributed by atoms with Crippen LogP contribution in [0.5, 0.6) is 0 Å². The van der Waals surface area contributed by atoms with Crippen molar-refractivity contribution in [3.05, 3.63) is 58.9 Å². The first-order valence-electron chi connectivity index (χ1n) is 8.44. The van der Waals surface area contributed by atoms with Crippen molar-refractivity contribution >= 4 is 39.1 Å². The molecule has 0 aliphatic carbocycles. The molecule has 0 saturated heterocycles. The first-order valence-corrected chi connectivity index (χ1v) is 9.32. The number of esters is 1. The van der Waals surface area contributed by atoms with E-state index in [1.807, 2.05) is 22.1 Å². The van der Waals surface area contributed by atoms with Gasteiger partial charge >= 0.3 is 5.97 Å². The van der Waals surface area contributed by atoms with Crippen LogP contribution >= 0.6 is 11.3 Å². The van der Waals surface area contributed by atoms with E-state index in [1.165, 1.54) is 23.5 Å². The summed E-state index contributed by atoms with van der Waals surface area (Å²) in [5.74, 6) is -1.26. The first kappa shape index (κ1) is 17.4. The van der Waals surface area contributed by atoms with E-state index in [0.29, 0.717) is 23.5 Å². The Bertz CT molecular complexity index is 1050. The first-order chi connectivity index (χ1) is 13.1. The predicted octanol–water partition coefficient (Wildman–Crippen LogP) is 3.27. The van der Waals surface area contributed by atoms with Crippen LogP contribution in [0, 0.1) is 5.82 Å². The van der Waals surface area contributed by atoms with E-state index in [-0.39, 0.29) is 24.9 Å². The number of nitrogens with zero attached hydrogens (tertiary/aromatic N) is 3. The summed E-state index contributed by atoms with van der Waals surface area (Å²) in [7, 11) is 0. The van der Waals surface area contributed by atoms with Crippen LogP contribution in [0.4, 0.5) is 4.39 Å². The van der Waals surface area contributed by atoms with Gasteiger partial charge in [-0.3, -0.25) is 9.59 Å². The van der Waals surface area contributed by atoms with Gasteiger partial charge in [-0.2, -0.15) is 5.10 Å². The molecule has 3 heterocycles. The highest BCUT2D eigenvalue weighted by Crippen LogP contribution is 2.28. The number of carbonyl (C=O) groups is 2. The van der Waals surface area contributed by atoms with Gasteiger partial charge in [0.1, 0.15) is 18.1 Å². The Labute approximate surface area is 158 Å². The fourth-order valence-electron chi connectivity index (χ4n) is 3.06. The maximum atomic E-state index is 13.3. The molecule has 1 aliphatic heterocycles. The number of fused-ring (bicyclic) bond motifs is 3. The lowest BCUT2D eigenvalue weighted by Gasteiger charge is -2.15. The third-order valence-electron chi connectivity index (χ3n) is 4.29. The summed E-state index contributed by atoms with van der Waals surface area (Å²) in [5.41, 5.74) is 2.64. The van der Waals surface area contributed by atoms with Gasteiger partial charge in [-0.15, -0.1) is 11.3 Å². The van der Waals surface area contributed by atoms with Crippen molar-refractivity contribution in [2.24, 2.45) is 5.10 Å². The standard InChI is InChI=1S/C19H16FN3O3S/c1-2-26-18(24)11-23-19(25)16-9-17-15(7-8-27-17)22(16)10-14(21-23)12-3-5-13(20)6-4-12/h3-9H,2,10-11H2,1H3. The van der Waals surface area contributed by atoms with Crippen LogP contribution in [-0.4, -0.2) is 40.3 Å². The molecule has 1 aliphatic rings. The molecule has 27 heavy (non-hydrogen) atoms. The number of aromatic nitrogens is 1. The normalized spacial score (nSPS) is 14.1. The number of ether oxygens (including phenoxy) is 1. The second-order valence-corrected chi connectivity index (χ2v) is 6.95. The maximum Gasteiger partial charge on any atom is 0.327 e. The van der Waals surface area contributed by atoms with Crippen molar-refractivity contribution in [1.29, 1.82) is 0 Å². The monoisotopic (exact) mass is 385 g/mol. The average molecular weight is 385 g/mol. The average Bonchev–Trinajstić information content (AvgIpc) is 3.20. The lowest BCUT2D eigenvalue weighted by Crippen LogP contribution is -2.32. The summed E-state index contributed by atoms with van der Waals surface area (Å²) in [6.45, 7) is 1.98. The highest BCUT2D eigenvalue weighted by molar-refractivity contribution is 7.17. The molecular weight excluding hydrogens is 369 g/mol. The molecular formula is C19H16FN3O3S. The summed E-state index contributed by atoms with van der Waals surface area (Å²) in [6.07, 6.45) is 0. The number of amides is 1. The molecule has 1 aromatic carbocycles. The van der Waals surface area contributed by atoms with E-state index in [1.54, 1.807) is 19.1 Å². The van der Waals surface area contributed by atoms with E-state index in [9.17, 15) is 14.0 Å². The Kier molecular flexibility index (Phi) is 4.49. The molecule has 0 spiro atoms. The van der Waals surface area contributed by atoms with E-state index in [0.717, 1.165) is 15.2 Å². The second kappa shape index (κ2) is 6.96. The Balaban J connectivity index is 1.81. The molecule has 0 atom stereocenters. The number of rotatable bonds is 4. The van der Waals surface area contributed by atoms with E-state index in [4.69, 9.17) is 4.74 Å². The van der Waals surface area contributed by atoms with Crippen LogP contribution in [0.3, 0.4) is 0 Å². The highest BCUT2D eigenvalue weighted by atomic mass is 32.1. The summed E-state index contributed by atoms with van der Waals surface area (Å²) >= 11 is 1.54. The quantitative estimate of drug-likeness (QED) is 0.648. The van der Waals surface area contributed by atoms with Gasteiger partial charge in [0.05, 0.1) is 29.1 Å². The van der Waals surface area contributed by atoms with Crippen molar-refractivity contribution in [1.82, 2.24) is 9.58 Å². The molecule has 4 rings (SSSR count). The van der Waals surface area contributed by atoms with Crippen molar-refractivity contribution in [2.75, 3.05) is 13.2 Å². The minimum absolute atomic E-state index is 0.224. The Morgan fingerprint density at radius 3 is 2.81 bits per heavy atom. The molecule has 0 saturated carbocycles. The van der Waals surface area contributed by atoms with Gasteiger partial charge in [0.25, 0.3) is 5.91 Å². The number of hydrazone groups is 1. The molecule has 2 aromatic heterocycles. The van der Waals surface area contributed by atoms with E-state index >= 15 is 0 Å². The Morgan fingerprint density at radius 2 is 2.07 bits per heavy atom. The predicted molar refractivity (Wildman–Crippen MR) is 100 cm³/mol. The molecule has 0 N–H and O–H groups in total. The molecule has 8 heteroatoms. The second-order valence-electron chi connectivity index (χ2n) is 6.01. The van der Waals surface area contributed by atoms with Gasteiger partial charge < -0.3 is 9.30 Å². The van der Waals surface area contributed by atoms with Crippen LogP contribution in [-0.2, 0) is 16.1 Å². The number of hydrogen-bond acceptors (Lipinski definition) is 5. The molecule has 0 unspecified atom stereocenters. The van der Waals surface area contributed by atoms with Crippen molar-refractivity contribution < 1.29 is 18.7 Å². The molecule has 6 nitrogen and oxygen atoms in total. The zero-order chi connectivity index (χ0) is 19.0. The summed E-state index contributed by atoms with van der Waals surface area (Å²) in [6, 6.07) is 9.67. The van der Waals surface area contributed by atoms with Crippen molar-refractivity contribution in [3.8, 4) is 0 Å². The molecule has 0 fully saturated rings. The van der Waals surface area contributed by atoms with Gasteiger partial charge in [0.15, 0.2) is 0 Å². The summed E-state index contributed by atoms with van der Waals surface area (Å²) in [4.78, 5) is 25.0. The number of benzene rings is 1. The molecule has 1 amide bonds. The smallest absolute Gasteiger partial charge is 0.327 e. The fraction of sp³-hybridized carbons (Fsp3) is 0.211. The number of carbonyl (C=O) groups excluding carboxylic acids is 2. The van der Waals surface area contributed by atoms with Crippen molar-refractivity contribution in [3.63, 3.8) is 0 Å². The molecule has 3 aromatic rings. The molecule has 0 bridgehead atoms. The number of hydrogen-bond donors (Lipinski definition) is 0. The van der Waals surface area contributed by atoms with Gasteiger partial charge in [0, 0.05) is 0 Å². The zero-order valence-electron chi connectivity index (χ0n) is 14.5. The van der Waals surface area contributed by atoms with Gasteiger partial charge in [0.2, 0.25) is 0 Å². The fourth-order valence-corrected chi connectivity index (χ4v) is 3.88. The van der Waals surface area contributed by atoms with E-state index < -0.39 is 5.97 Å². The lowest BCUT2D eigenvalue weighted by molar-refractivity contribution is -0.143. The molecule has 138 valence electrons. The third-order valence-corrected chi connectivity index (χ3v) is 5.14. The van der Waals surface area contributed by atoms with Gasteiger partial charge in [-0.05, 0) is 42.1 Å². The Morgan fingerprint density at radius 1 is 1.30 bits per heavy atom. The minimum Gasteiger partial charge on any atom is -0.465 e. The van der Waals surface area contributed by atoms with Crippen LogP contribution in [0.1, 0.15) is 23.0 Å². The third kappa shape index (κ3) is 3.23. The van der Waals surface area contributed by atoms with E-state index in [2.05, 4.69) is 5.10 Å². The molecule has 0 radical (unpaired) electrons. The van der Waals surface area contributed by atoms with Crippen LogP contribution in [0.15, 0.2) is 46.9 Å². The summed E-state index contributed by atoms with van der Waals surface area (Å²) < 4.78 is 21.1. The maximum absolute atomic E-state index is 13.3. The topological polar surface area (TPSA) is 63.9 Å². The van der Waals surface area contributed by atoms with Crippen molar-refractivity contribution in [2.45, 2.75) is 13.5 Å². The highest BCUT2D eigenvalue weighted by Gasteiger charge is 2.28. The lowest BCUT2D eigenvalue weighted by atomic mass is 10.1. The zero-order valence-corrected chi connectivity index (χ0v) is 15.3. The largest absolute Gasteiger partial charge is 0.465 e. The van der Waals surface area contributed by atoms with Crippen LogP contribution in [0.25, 0.3) is 10.2 Å². The Hall–Kier alpha value is -3.00. The van der Waals surface area contributed by atoms with Gasteiger partial charge in [-0.25, -0.2) is 9.40 Å². The van der Waals surface area contributed by atoms with Gasteiger partial charge in [-0.1, -0.05) is 12.1 Å². The van der Waals surface area contributed by atoms with Crippen LogP contribution < -0.4 is 0 Å².